The maximum atomic E-state index is 13.5. The molecule has 3 nitrogen and oxygen atoms in total. The molecule has 0 aliphatic carbocycles. The van der Waals surface area contributed by atoms with Crippen molar-refractivity contribution < 1.29 is 13.9 Å². The van der Waals surface area contributed by atoms with Gasteiger partial charge in [-0.25, -0.2) is 9.18 Å². The highest BCUT2D eigenvalue weighted by Crippen LogP contribution is 2.17. The van der Waals surface area contributed by atoms with Crippen LogP contribution in [0.3, 0.4) is 0 Å². The Morgan fingerprint density at radius 3 is 2.80 bits per heavy atom. The molecule has 100 valence electrons. The lowest BCUT2D eigenvalue weighted by Crippen LogP contribution is -2.08. The van der Waals surface area contributed by atoms with Crippen LogP contribution in [0.2, 0.25) is 0 Å². The van der Waals surface area contributed by atoms with E-state index >= 15 is 0 Å². The largest absolute Gasteiger partial charge is 0.457 e. The molecule has 0 aromatic heterocycles. The molecule has 0 radical (unpaired) electrons. The number of ether oxygens (including phenoxy) is 1. The second kappa shape index (κ2) is 6.31. The summed E-state index contributed by atoms with van der Waals surface area (Å²) in [5, 5.41) is 8.92. The predicted octanol–water partition coefficient (Wildman–Crippen LogP) is 3.82. The number of benzene rings is 2. The van der Waals surface area contributed by atoms with Crippen LogP contribution in [-0.2, 0) is 11.3 Å². The Labute approximate surface area is 123 Å². The number of esters is 1. The Morgan fingerprint density at radius 1 is 1.30 bits per heavy atom. The molecule has 0 N–H and O–H groups in total. The second-order valence-electron chi connectivity index (χ2n) is 3.97. The van der Waals surface area contributed by atoms with Crippen LogP contribution in [0.25, 0.3) is 0 Å². The van der Waals surface area contributed by atoms with Crippen LogP contribution in [-0.4, -0.2) is 5.97 Å². The summed E-state index contributed by atoms with van der Waals surface area (Å²) in [4.78, 5) is 11.8. The van der Waals surface area contributed by atoms with Crippen LogP contribution in [0, 0.1) is 17.1 Å². The van der Waals surface area contributed by atoms with Gasteiger partial charge in [0.2, 0.25) is 0 Å². The van der Waals surface area contributed by atoms with Crippen molar-refractivity contribution in [3.8, 4) is 6.07 Å². The van der Waals surface area contributed by atoms with E-state index in [0.29, 0.717) is 15.6 Å². The summed E-state index contributed by atoms with van der Waals surface area (Å²) in [6.45, 7) is -0.0749. The molecule has 20 heavy (non-hydrogen) atoms. The third-order valence-electron chi connectivity index (χ3n) is 2.64. The van der Waals surface area contributed by atoms with Crippen LogP contribution in [0.15, 0.2) is 46.9 Å². The van der Waals surface area contributed by atoms with Crippen molar-refractivity contribution in [1.82, 2.24) is 0 Å². The van der Waals surface area contributed by atoms with Gasteiger partial charge in [-0.3, -0.25) is 0 Å². The summed E-state index contributed by atoms with van der Waals surface area (Å²) in [6, 6.07) is 12.8. The molecule has 0 amide bonds. The zero-order valence-electron chi connectivity index (χ0n) is 10.3. The normalized spacial score (nSPS) is 9.85. The zero-order chi connectivity index (χ0) is 14.5. The van der Waals surface area contributed by atoms with Gasteiger partial charge in [0.25, 0.3) is 0 Å². The standard InChI is InChI=1S/C15H9BrFNO2/c16-12-5-6-14(17)13(7-12)15(19)20-9-11-4-2-1-3-10(11)8-18/h1-7H,9H2. The molecule has 2 aromatic carbocycles. The van der Waals surface area contributed by atoms with Crippen molar-refractivity contribution in [3.63, 3.8) is 0 Å². The monoisotopic (exact) mass is 333 g/mol. The molecular formula is C15H9BrFNO2. The molecule has 0 atom stereocenters. The Morgan fingerprint density at radius 2 is 2.05 bits per heavy atom. The lowest BCUT2D eigenvalue weighted by Gasteiger charge is -2.07. The van der Waals surface area contributed by atoms with Gasteiger partial charge in [0, 0.05) is 10.0 Å². The number of carbonyl (C=O) groups is 1. The lowest BCUT2D eigenvalue weighted by atomic mass is 10.1. The van der Waals surface area contributed by atoms with Crippen molar-refractivity contribution in [2.45, 2.75) is 6.61 Å². The number of hydrogen-bond donors (Lipinski definition) is 0. The van der Waals surface area contributed by atoms with Gasteiger partial charge in [-0.2, -0.15) is 5.26 Å². The minimum atomic E-state index is -0.767. The molecular weight excluding hydrogens is 325 g/mol. The van der Waals surface area contributed by atoms with Crippen molar-refractivity contribution in [2.75, 3.05) is 0 Å². The van der Waals surface area contributed by atoms with Crippen molar-refractivity contribution in [2.24, 2.45) is 0 Å². The van der Waals surface area contributed by atoms with E-state index in [2.05, 4.69) is 15.9 Å². The van der Waals surface area contributed by atoms with Crippen molar-refractivity contribution in [3.05, 3.63) is 69.4 Å². The number of halogens is 2. The smallest absolute Gasteiger partial charge is 0.341 e. The molecule has 2 aromatic rings. The number of nitriles is 1. The fourth-order valence-electron chi connectivity index (χ4n) is 1.63. The highest BCUT2D eigenvalue weighted by molar-refractivity contribution is 9.10. The van der Waals surface area contributed by atoms with Crippen LogP contribution in [0.5, 0.6) is 0 Å². The molecule has 0 saturated heterocycles. The lowest BCUT2D eigenvalue weighted by molar-refractivity contribution is 0.0467. The average Bonchev–Trinajstić information content (AvgIpc) is 2.47. The number of rotatable bonds is 3. The van der Waals surface area contributed by atoms with Crippen LogP contribution in [0.4, 0.5) is 4.39 Å². The first kappa shape index (κ1) is 14.2. The summed E-state index contributed by atoms with van der Waals surface area (Å²) in [5.74, 6) is -1.41. The highest BCUT2D eigenvalue weighted by Gasteiger charge is 2.14. The van der Waals surface area contributed by atoms with E-state index in [1.807, 2.05) is 6.07 Å². The zero-order valence-corrected chi connectivity index (χ0v) is 11.9. The molecule has 0 aliphatic heterocycles. The quantitative estimate of drug-likeness (QED) is 0.802. The molecule has 0 bridgehead atoms. The minimum Gasteiger partial charge on any atom is -0.457 e. The maximum absolute atomic E-state index is 13.5. The SMILES string of the molecule is N#Cc1ccccc1COC(=O)c1cc(Br)ccc1F. The van der Waals surface area contributed by atoms with Gasteiger partial charge in [-0.15, -0.1) is 0 Å². The maximum Gasteiger partial charge on any atom is 0.341 e. The molecule has 2 rings (SSSR count). The summed E-state index contributed by atoms with van der Waals surface area (Å²) in [7, 11) is 0. The van der Waals surface area contributed by atoms with Crippen molar-refractivity contribution in [1.29, 1.82) is 5.26 Å². The van der Waals surface area contributed by atoms with Gasteiger partial charge in [-0.05, 0) is 24.3 Å². The third kappa shape index (κ3) is 3.22. The van der Waals surface area contributed by atoms with Gasteiger partial charge >= 0.3 is 5.97 Å². The minimum absolute atomic E-state index is 0.0749. The molecule has 0 aliphatic rings. The Bertz CT molecular complexity index is 695. The molecule has 0 saturated carbocycles. The molecule has 0 fully saturated rings. The highest BCUT2D eigenvalue weighted by atomic mass is 79.9. The van der Waals surface area contributed by atoms with Crippen LogP contribution in [0.1, 0.15) is 21.5 Å². The predicted molar refractivity (Wildman–Crippen MR) is 74.4 cm³/mol. The second-order valence-corrected chi connectivity index (χ2v) is 4.88. The first-order valence-corrected chi connectivity index (χ1v) is 6.51. The fourth-order valence-corrected chi connectivity index (χ4v) is 1.99. The Kier molecular flexibility index (Phi) is 4.49. The fraction of sp³-hybridized carbons (Fsp3) is 0.0667. The van der Waals surface area contributed by atoms with Gasteiger partial charge in [-0.1, -0.05) is 34.1 Å². The molecule has 0 unspecified atom stereocenters. The molecule has 0 heterocycles. The Hall–Kier alpha value is -2.19. The number of nitrogens with zero attached hydrogens (tertiary/aromatic N) is 1. The van der Waals surface area contributed by atoms with E-state index in [9.17, 15) is 9.18 Å². The topological polar surface area (TPSA) is 50.1 Å². The first-order valence-electron chi connectivity index (χ1n) is 5.72. The Balaban J connectivity index is 2.13. The summed E-state index contributed by atoms with van der Waals surface area (Å²) in [6.07, 6.45) is 0. The van der Waals surface area contributed by atoms with Crippen molar-refractivity contribution >= 4 is 21.9 Å². The van der Waals surface area contributed by atoms with Gasteiger partial charge in [0.1, 0.15) is 12.4 Å². The number of carbonyl (C=O) groups excluding carboxylic acids is 1. The average molecular weight is 334 g/mol. The first-order chi connectivity index (χ1) is 9.61. The molecule has 5 heteroatoms. The van der Waals surface area contributed by atoms with Crippen LogP contribution < -0.4 is 0 Å². The van der Waals surface area contributed by atoms with E-state index in [4.69, 9.17) is 10.00 Å². The summed E-state index contributed by atoms with van der Waals surface area (Å²) >= 11 is 3.17. The molecule has 0 spiro atoms. The van der Waals surface area contributed by atoms with E-state index in [1.54, 1.807) is 24.3 Å². The summed E-state index contributed by atoms with van der Waals surface area (Å²) < 4.78 is 19.1. The van der Waals surface area contributed by atoms with Crippen LogP contribution >= 0.6 is 15.9 Å². The summed E-state index contributed by atoms with van der Waals surface area (Å²) in [5.41, 5.74) is 0.864. The van der Waals surface area contributed by atoms with Gasteiger partial charge in [0.15, 0.2) is 0 Å². The van der Waals surface area contributed by atoms with Gasteiger partial charge < -0.3 is 4.74 Å². The van der Waals surface area contributed by atoms with Gasteiger partial charge in [0.05, 0.1) is 17.2 Å². The van der Waals surface area contributed by atoms with E-state index in [-0.39, 0.29) is 12.2 Å². The third-order valence-corrected chi connectivity index (χ3v) is 3.14. The number of hydrogen-bond acceptors (Lipinski definition) is 3. The van der Waals surface area contributed by atoms with E-state index in [1.165, 1.54) is 18.2 Å². The van der Waals surface area contributed by atoms with E-state index < -0.39 is 11.8 Å². The van der Waals surface area contributed by atoms with E-state index in [0.717, 1.165) is 0 Å².